The highest BCUT2D eigenvalue weighted by molar-refractivity contribution is 5.79. The SMILES string of the molecule is O=C(Cc1ccc(CO)cc1)N1C[C@H]2CC[C@@H]1CN(C1CCOCC1)C2. The highest BCUT2D eigenvalue weighted by atomic mass is 16.5. The lowest BCUT2D eigenvalue weighted by molar-refractivity contribution is -0.134. The Morgan fingerprint density at radius 3 is 2.42 bits per heavy atom. The van der Waals surface area contributed by atoms with Gasteiger partial charge in [0.1, 0.15) is 0 Å². The summed E-state index contributed by atoms with van der Waals surface area (Å²) in [4.78, 5) is 17.8. The van der Waals surface area contributed by atoms with Crippen LogP contribution in [-0.2, 0) is 22.6 Å². The summed E-state index contributed by atoms with van der Waals surface area (Å²) in [5.74, 6) is 0.864. The molecule has 4 saturated heterocycles. The van der Waals surface area contributed by atoms with Crippen molar-refractivity contribution in [1.29, 1.82) is 0 Å². The molecular formula is C21H30N2O3. The lowest BCUT2D eigenvalue weighted by Crippen LogP contribution is -2.49. The molecule has 0 unspecified atom stereocenters. The van der Waals surface area contributed by atoms with Crippen molar-refractivity contribution >= 4 is 5.91 Å². The van der Waals surface area contributed by atoms with Gasteiger partial charge >= 0.3 is 0 Å². The third-order valence-corrected chi connectivity index (χ3v) is 6.33. The first kappa shape index (κ1) is 18.0. The average Bonchev–Trinajstić information content (AvgIpc) is 3.01. The normalized spacial score (nSPS) is 27.5. The first-order chi connectivity index (χ1) is 12.7. The van der Waals surface area contributed by atoms with Gasteiger partial charge in [-0.3, -0.25) is 9.69 Å². The Morgan fingerprint density at radius 1 is 0.962 bits per heavy atom. The number of rotatable bonds is 4. The van der Waals surface area contributed by atoms with E-state index >= 15 is 0 Å². The molecule has 0 aromatic heterocycles. The molecule has 0 saturated carbocycles. The van der Waals surface area contributed by atoms with E-state index in [-0.39, 0.29) is 12.5 Å². The summed E-state index contributed by atoms with van der Waals surface area (Å²) in [6.45, 7) is 4.88. The van der Waals surface area contributed by atoms with Crippen molar-refractivity contribution in [3.63, 3.8) is 0 Å². The predicted octanol–water partition coefficient (Wildman–Crippen LogP) is 1.82. The molecule has 4 aliphatic heterocycles. The molecule has 0 radical (unpaired) electrons. The van der Waals surface area contributed by atoms with Crippen molar-refractivity contribution in [2.75, 3.05) is 32.8 Å². The number of aliphatic hydroxyl groups is 1. The Hall–Kier alpha value is -1.43. The summed E-state index contributed by atoms with van der Waals surface area (Å²) in [5.41, 5.74) is 1.93. The van der Waals surface area contributed by atoms with Crippen molar-refractivity contribution in [1.82, 2.24) is 9.80 Å². The zero-order valence-electron chi connectivity index (χ0n) is 15.5. The van der Waals surface area contributed by atoms with Gasteiger partial charge in [0.15, 0.2) is 0 Å². The van der Waals surface area contributed by atoms with Crippen LogP contribution in [0.25, 0.3) is 0 Å². The van der Waals surface area contributed by atoms with Crippen LogP contribution >= 0.6 is 0 Å². The van der Waals surface area contributed by atoms with E-state index in [1.54, 1.807) is 0 Å². The fraction of sp³-hybridized carbons (Fsp3) is 0.667. The molecule has 26 heavy (non-hydrogen) atoms. The molecule has 5 heteroatoms. The summed E-state index contributed by atoms with van der Waals surface area (Å²) < 4.78 is 5.53. The van der Waals surface area contributed by atoms with Crippen LogP contribution in [0.1, 0.15) is 36.8 Å². The third kappa shape index (κ3) is 3.95. The number of amides is 1. The molecule has 5 rings (SSSR count). The molecule has 0 aliphatic carbocycles. The van der Waals surface area contributed by atoms with Crippen LogP contribution < -0.4 is 0 Å². The number of benzene rings is 1. The summed E-state index contributed by atoms with van der Waals surface area (Å²) in [5, 5.41) is 9.16. The maximum atomic E-state index is 13.0. The van der Waals surface area contributed by atoms with Crippen LogP contribution in [0.15, 0.2) is 24.3 Å². The Labute approximate surface area is 155 Å². The number of ether oxygens (including phenoxy) is 1. The van der Waals surface area contributed by atoms with Crippen molar-refractivity contribution in [3.8, 4) is 0 Å². The van der Waals surface area contributed by atoms with Crippen LogP contribution in [0.3, 0.4) is 0 Å². The average molecular weight is 358 g/mol. The highest BCUT2D eigenvalue weighted by Crippen LogP contribution is 2.31. The molecule has 2 bridgehead atoms. The molecule has 1 aromatic carbocycles. The van der Waals surface area contributed by atoms with E-state index in [0.29, 0.717) is 24.4 Å². The van der Waals surface area contributed by atoms with Crippen LogP contribution in [0, 0.1) is 5.92 Å². The number of carbonyl (C=O) groups excluding carboxylic acids is 1. The van der Waals surface area contributed by atoms with E-state index in [4.69, 9.17) is 9.84 Å². The van der Waals surface area contributed by atoms with Gasteiger partial charge in [-0.2, -0.15) is 0 Å². The molecule has 142 valence electrons. The zero-order valence-corrected chi connectivity index (χ0v) is 15.5. The van der Waals surface area contributed by atoms with Crippen LogP contribution in [0.4, 0.5) is 0 Å². The molecule has 1 N–H and O–H groups in total. The maximum absolute atomic E-state index is 13.0. The number of aliphatic hydroxyl groups excluding tert-OH is 1. The molecule has 4 aliphatic rings. The monoisotopic (exact) mass is 358 g/mol. The van der Waals surface area contributed by atoms with Crippen molar-refractivity contribution in [3.05, 3.63) is 35.4 Å². The minimum Gasteiger partial charge on any atom is -0.392 e. The second kappa shape index (κ2) is 8.07. The first-order valence-corrected chi connectivity index (χ1v) is 10.0. The van der Waals surface area contributed by atoms with Gasteiger partial charge in [0.05, 0.1) is 13.0 Å². The van der Waals surface area contributed by atoms with Gasteiger partial charge in [-0.15, -0.1) is 0 Å². The van der Waals surface area contributed by atoms with Crippen molar-refractivity contribution in [2.45, 2.75) is 50.8 Å². The Bertz CT molecular complexity index is 612. The number of piperidine rings is 1. The fourth-order valence-electron chi connectivity index (χ4n) is 4.81. The van der Waals surface area contributed by atoms with Crippen LogP contribution in [0.2, 0.25) is 0 Å². The number of fused-ring (bicyclic) bond motifs is 4. The van der Waals surface area contributed by atoms with Gasteiger partial charge in [-0.25, -0.2) is 0 Å². The molecular weight excluding hydrogens is 328 g/mol. The van der Waals surface area contributed by atoms with E-state index in [9.17, 15) is 4.79 Å². The molecule has 4 heterocycles. The summed E-state index contributed by atoms with van der Waals surface area (Å²) in [6, 6.07) is 8.74. The van der Waals surface area contributed by atoms with Crippen LogP contribution in [-0.4, -0.2) is 65.7 Å². The molecule has 1 amide bonds. The quantitative estimate of drug-likeness (QED) is 0.892. The Balaban J connectivity index is 1.41. The zero-order chi connectivity index (χ0) is 17.9. The van der Waals surface area contributed by atoms with Gasteiger partial charge in [0, 0.05) is 44.9 Å². The standard InChI is InChI=1S/C21H30N2O3/c24-15-17-3-1-16(2-4-17)11-21(25)23-13-18-5-6-20(23)14-22(12-18)19-7-9-26-10-8-19/h1-4,18-20,24H,5-15H2/t18-,20+/m0/s1. The van der Waals surface area contributed by atoms with Crippen molar-refractivity contribution < 1.29 is 14.6 Å². The molecule has 0 spiro atoms. The summed E-state index contributed by atoms with van der Waals surface area (Å²) >= 11 is 0. The van der Waals surface area contributed by atoms with Crippen molar-refractivity contribution in [2.24, 2.45) is 5.92 Å². The van der Waals surface area contributed by atoms with E-state index in [1.807, 2.05) is 24.3 Å². The molecule has 5 nitrogen and oxygen atoms in total. The smallest absolute Gasteiger partial charge is 0.227 e. The van der Waals surface area contributed by atoms with Crippen LogP contribution in [0.5, 0.6) is 0 Å². The minimum atomic E-state index is 0.0478. The minimum absolute atomic E-state index is 0.0478. The predicted molar refractivity (Wildman–Crippen MR) is 99.7 cm³/mol. The van der Waals surface area contributed by atoms with E-state index in [1.165, 1.54) is 6.42 Å². The van der Waals surface area contributed by atoms with E-state index < -0.39 is 0 Å². The van der Waals surface area contributed by atoms with E-state index in [0.717, 1.165) is 63.2 Å². The lowest BCUT2D eigenvalue weighted by atomic mass is 9.94. The first-order valence-electron chi connectivity index (χ1n) is 10.0. The second-order valence-corrected chi connectivity index (χ2v) is 8.09. The third-order valence-electron chi connectivity index (χ3n) is 6.33. The lowest BCUT2D eigenvalue weighted by Gasteiger charge is -2.37. The Kier molecular flexibility index (Phi) is 5.57. The Morgan fingerprint density at radius 2 is 1.69 bits per heavy atom. The molecule has 4 fully saturated rings. The number of hydrogen-bond acceptors (Lipinski definition) is 4. The number of carbonyl (C=O) groups is 1. The van der Waals surface area contributed by atoms with Gasteiger partial charge < -0.3 is 14.7 Å². The summed E-state index contributed by atoms with van der Waals surface area (Å²) in [6.07, 6.45) is 5.11. The highest BCUT2D eigenvalue weighted by Gasteiger charge is 2.39. The van der Waals surface area contributed by atoms with Gasteiger partial charge in [0.25, 0.3) is 0 Å². The topological polar surface area (TPSA) is 53.0 Å². The van der Waals surface area contributed by atoms with Gasteiger partial charge in [0.2, 0.25) is 5.91 Å². The maximum Gasteiger partial charge on any atom is 0.227 e. The number of hydrogen-bond donors (Lipinski definition) is 1. The fourth-order valence-corrected chi connectivity index (χ4v) is 4.81. The van der Waals surface area contributed by atoms with Gasteiger partial charge in [-0.05, 0) is 42.7 Å². The van der Waals surface area contributed by atoms with Gasteiger partial charge in [-0.1, -0.05) is 24.3 Å². The number of nitrogens with zero attached hydrogens (tertiary/aromatic N) is 2. The molecule has 1 aromatic rings. The largest absolute Gasteiger partial charge is 0.392 e. The molecule has 2 atom stereocenters. The second-order valence-electron chi connectivity index (χ2n) is 8.09. The summed E-state index contributed by atoms with van der Waals surface area (Å²) in [7, 11) is 0. The van der Waals surface area contributed by atoms with E-state index in [2.05, 4.69) is 9.80 Å².